The molecule has 0 aromatic heterocycles. The van der Waals surface area contributed by atoms with E-state index in [-0.39, 0.29) is 11.8 Å². The Bertz CT molecular complexity index is 1090. The van der Waals surface area contributed by atoms with Crippen LogP contribution >= 0.6 is 0 Å². The molecule has 1 aliphatic heterocycles. The summed E-state index contributed by atoms with van der Waals surface area (Å²) in [7, 11) is 1.66. The average Bonchev–Trinajstić information content (AvgIpc) is 2.77. The lowest BCUT2D eigenvalue weighted by Gasteiger charge is -2.30. The van der Waals surface area contributed by atoms with Crippen molar-refractivity contribution in [3.63, 3.8) is 0 Å². The number of methoxy groups -OCH3 is 1. The van der Waals surface area contributed by atoms with Crippen LogP contribution in [0.3, 0.4) is 0 Å². The van der Waals surface area contributed by atoms with E-state index in [4.69, 9.17) is 14.2 Å². The summed E-state index contributed by atoms with van der Waals surface area (Å²) >= 11 is 0. The second-order valence-electron chi connectivity index (χ2n) is 8.17. The van der Waals surface area contributed by atoms with Crippen LogP contribution in [0, 0.1) is 0 Å². The van der Waals surface area contributed by atoms with Crippen LogP contribution in [-0.2, 0) is 10.3 Å². The maximum absolute atomic E-state index is 13.1. The van der Waals surface area contributed by atoms with Crippen molar-refractivity contribution in [3.05, 3.63) is 65.7 Å². The first-order valence-corrected chi connectivity index (χ1v) is 10.2. The number of ether oxygens (including phenoxy) is 3. The van der Waals surface area contributed by atoms with E-state index < -0.39 is 5.54 Å². The summed E-state index contributed by atoms with van der Waals surface area (Å²) in [5, 5.41) is 5.36. The van der Waals surface area contributed by atoms with E-state index in [0.717, 1.165) is 39.1 Å². The lowest BCUT2D eigenvalue weighted by molar-refractivity contribution is -0.123. The topological polar surface area (TPSA) is 56.8 Å². The van der Waals surface area contributed by atoms with Gasteiger partial charge in [-0.25, -0.2) is 0 Å². The Morgan fingerprint density at radius 2 is 1.67 bits per heavy atom. The number of amides is 1. The summed E-state index contributed by atoms with van der Waals surface area (Å²) < 4.78 is 16.6. The molecule has 0 radical (unpaired) electrons. The highest BCUT2D eigenvalue weighted by molar-refractivity contribution is 5.88. The molecule has 0 aliphatic carbocycles. The number of benzene rings is 3. The van der Waals surface area contributed by atoms with Gasteiger partial charge in [0.1, 0.15) is 19.0 Å². The molecule has 156 valence electrons. The van der Waals surface area contributed by atoms with Gasteiger partial charge >= 0.3 is 0 Å². The van der Waals surface area contributed by atoms with Crippen LogP contribution in [0.2, 0.25) is 0 Å². The van der Waals surface area contributed by atoms with Crippen molar-refractivity contribution in [3.8, 4) is 17.2 Å². The quantitative estimate of drug-likeness (QED) is 0.664. The monoisotopic (exact) mass is 405 g/mol. The Hall–Kier alpha value is -3.21. The largest absolute Gasteiger partial charge is 0.497 e. The normalized spacial score (nSPS) is 14.3. The summed E-state index contributed by atoms with van der Waals surface area (Å²) in [5.41, 5.74) is 1.40. The molecule has 0 saturated heterocycles. The van der Waals surface area contributed by atoms with Gasteiger partial charge < -0.3 is 19.5 Å². The van der Waals surface area contributed by atoms with Crippen molar-refractivity contribution in [1.82, 2.24) is 5.32 Å². The van der Waals surface area contributed by atoms with E-state index in [2.05, 4.69) is 11.4 Å². The number of hydrogen-bond acceptors (Lipinski definition) is 4. The highest BCUT2D eigenvalue weighted by atomic mass is 16.6. The maximum atomic E-state index is 13.1. The molecule has 0 saturated carbocycles. The number of hydrogen-bond donors (Lipinski definition) is 1. The first-order valence-electron chi connectivity index (χ1n) is 10.2. The zero-order valence-electron chi connectivity index (χ0n) is 17.8. The average molecular weight is 405 g/mol. The standard InChI is InChI=1S/C25H27NO4/c1-16(17-5-6-19-14-21(28-4)9-7-18(19)13-17)24(27)26-25(2,3)20-8-10-22-23(15-20)30-12-11-29-22/h5-10,13-16H,11-12H2,1-4H3,(H,26,27)/t16-/m0/s1. The molecule has 1 heterocycles. The van der Waals surface area contributed by atoms with E-state index in [1.165, 1.54) is 0 Å². The van der Waals surface area contributed by atoms with Crippen molar-refractivity contribution in [1.29, 1.82) is 0 Å². The van der Waals surface area contributed by atoms with Crippen LogP contribution in [0.15, 0.2) is 54.6 Å². The smallest absolute Gasteiger partial charge is 0.227 e. The van der Waals surface area contributed by atoms with Crippen LogP contribution in [0.1, 0.15) is 37.8 Å². The lowest BCUT2D eigenvalue weighted by Crippen LogP contribution is -2.43. The number of nitrogens with one attached hydrogen (secondary N) is 1. The van der Waals surface area contributed by atoms with Crippen molar-refractivity contribution >= 4 is 16.7 Å². The zero-order valence-corrected chi connectivity index (χ0v) is 17.8. The van der Waals surface area contributed by atoms with Gasteiger partial charge in [-0.2, -0.15) is 0 Å². The van der Waals surface area contributed by atoms with Gasteiger partial charge in [0.25, 0.3) is 0 Å². The van der Waals surface area contributed by atoms with Crippen LogP contribution in [0.4, 0.5) is 0 Å². The number of carbonyl (C=O) groups is 1. The fourth-order valence-electron chi connectivity index (χ4n) is 3.71. The molecule has 30 heavy (non-hydrogen) atoms. The van der Waals surface area contributed by atoms with Gasteiger partial charge in [-0.1, -0.05) is 30.3 Å². The van der Waals surface area contributed by atoms with Crippen molar-refractivity contribution in [2.24, 2.45) is 0 Å². The molecule has 5 heteroatoms. The highest BCUT2D eigenvalue weighted by Gasteiger charge is 2.27. The van der Waals surface area contributed by atoms with Crippen LogP contribution in [0.25, 0.3) is 10.8 Å². The molecule has 5 nitrogen and oxygen atoms in total. The molecule has 0 spiro atoms. The van der Waals surface area contributed by atoms with Crippen molar-refractivity contribution < 1.29 is 19.0 Å². The van der Waals surface area contributed by atoms with Crippen molar-refractivity contribution in [2.45, 2.75) is 32.2 Å². The Kier molecular flexibility index (Phi) is 5.29. The van der Waals surface area contributed by atoms with Gasteiger partial charge in [-0.05, 0) is 66.9 Å². The number of rotatable bonds is 5. The fourth-order valence-corrected chi connectivity index (χ4v) is 3.71. The molecule has 3 aromatic carbocycles. The van der Waals surface area contributed by atoms with E-state index in [1.54, 1.807) is 7.11 Å². The van der Waals surface area contributed by atoms with Crippen LogP contribution < -0.4 is 19.5 Å². The van der Waals surface area contributed by atoms with E-state index >= 15 is 0 Å². The molecule has 3 aromatic rings. The van der Waals surface area contributed by atoms with Gasteiger partial charge in [0, 0.05) is 0 Å². The molecule has 4 rings (SSSR count). The molecule has 1 amide bonds. The predicted octanol–water partition coefficient (Wildman–Crippen LogP) is 4.77. The summed E-state index contributed by atoms with van der Waals surface area (Å²) in [6.07, 6.45) is 0. The summed E-state index contributed by atoms with van der Waals surface area (Å²) in [6.45, 7) is 7.02. The minimum atomic E-state index is -0.550. The third kappa shape index (κ3) is 3.92. The molecule has 1 aliphatic rings. The van der Waals surface area contributed by atoms with E-state index in [1.807, 2.05) is 69.3 Å². The third-order valence-electron chi connectivity index (χ3n) is 5.66. The Morgan fingerprint density at radius 1 is 0.967 bits per heavy atom. The van der Waals surface area contributed by atoms with Gasteiger partial charge in [-0.3, -0.25) is 4.79 Å². The van der Waals surface area contributed by atoms with Crippen molar-refractivity contribution in [2.75, 3.05) is 20.3 Å². The highest BCUT2D eigenvalue weighted by Crippen LogP contribution is 2.34. The van der Waals surface area contributed by atoms with E-state index in [9.17, 15) is 4.79 Å². The van der Waals surface area contributed by atoms with Crippen LogP contribution in [-0.4, -0.2) is 26.2 Å². The predicted molar refractivity (Wildman–Crippen MR) is 118 cm³/mol. The van der Waals surface area contributed by atoms with Gasteiger partial charge in [0.2, 0.25) is 5.91 Å². The summed E-state index contributed by atoms with van der Waals surface area (Å²) in [4.78, 5) is 13.1. The zero-order chi connectivity index (χ0) is 21.3. The van der Waals surface area contributed by atoms with E-state index in [0.29, 0.717) is 13.2 Å². The molecule has 1 atom stereocenters. The maximum Gasteiger partial charge on any atom is 0.227 e. The minimum Gasteiger partial charge on any atom is -0.497 e. The molecule has 0 unspecified atom stereocenters. The molecule has 0 bridgehead atoms. The van der Waals surface area contributed by atoms with Gasteiger partial charge in [0.05, 0.1) is 18.6 Å². The second kappa shape index (κ2) is 7.90. The molecular weight excluding hydrogens is 378 g/mol. The number of fused-ring (bicyclic) bond motifs is 2. The molecule has 1 N–H and O–H groups in total. The summed E-state index contributed by atoms with van der Waals surface area (Å²) in [6, 6.07) is 17.9. The Labute approximate surface area is 177 Å². The SMILES string of the molecule is COc1ccc2cc([C@H](C)C(=O)NC(C)(C)c3ccc4c(c3)OCCO4)ccc2c1. The fraction of sp³-hybridized carbons (Fsp3) is 0.320. The second-order valence-corrected chi connectivity index (χ2v) is 8.17. The minimum absolute atomic E-state index is 0.0252. The first-order chi connectivity index (χ1) is 14.4. The van der Waals surface area contributed by atoms with Gasteiger partial charge in [-0.15, -0.1) is 0 Å². The van der Waals surface area contributed by atoms with Gasteiger partial charge in [0.15, 0.2) is 11.5 Å². The lowest BCUT2D eigenvalue weighted by atomic mass is 9.91. The number of carbonyl (C=O) groups excluding carboxylic acids is 1. The Morgan fingerprint density at radius 3 is 2.43 bits per heavy atom. The molecule has 0 fully saturated rings. The van der Waals surface area contributed by atoms with Crippen LogP contribution in [0.5, 0.6) is 17.2 Å². The third-order valence-corrected chi connectivity index (χ3v) is 5.66. The first kappa shape index (κ1) is 20.1. The summed E-state index contributed by atoms with van der Waals surface area (Å²) in [5.74, 6) is 1.98. The molecular formula is C25H27NO4. The Balaban J connectivity index is 1.53.